The van der Waals surface area contributed by atoms with Crippen LogP contribution in [0.5, 0.6) is 5.75 Å². The van der Waals surface area contributed by atoms with Gasteiger partial charge < -0.3 is 14.4 Å². The Kier molecular flexibility index (Phi) is 3.87. The van der Waals surface area contributed by atoms with Gasteiger partial charge in [0.05, 0.1) is 18.1 Å². The number of thioether (sulfide) groups is 1. The zero-order chi connectivity index (χ0) is 15.8. The third kappa shape index (κ3) is 3.01. The van der Waals surface area contributed by atoms with Gasteiger partial charge in [-0.25, -0.2) is 0 Å². The summed E-state index contributed by atoms with van der Waals surface area (Å²) < 4.78 is 11.1. The van der Waals surface area contributed by atoms with Crippen molar-refractivity contribution >= 4 is 28.9 Å². The number of aliphatic imine (C=N–C) groups is 1. The average molecular weight is 330 g/mol. The van der Waals surface area contributed by atoms with Gasteiger partial charge in [-0.05, 0) is 48.0 Å². The summed E-state index contributed by atoms with van der Waals surface area (Å²) in [5.41, 5.74) is 2.23. The number of nitrogens with zero attached hydrogens (tertiary/aromatic N) is 2. The first-order valence-corrected chi connectivity index (χ1v) is 8.65. The summed E-state index contributed by atoms with van der Waals surface area (Å²) in [5.74, 6) is 0.803. The number of hydrogen-bond acceptors (Lipinski definition) is 5. The van der Waals surface area contributed by atoms with Crippen LogP contribution < -0.4 is 4.74 Å². The predicted molar refractivity (Wildman–Crippen MR) is 90.6 cm³/mol. The van der Waals surface area contributed by atoms with E-state index in [1.165, 1.54) is 17.3 Å². The van der Waals surface area contributed by atoms with Gasteiger partial charge >= 0.3 is 0 Å². The van der Waals surface area contributed by atoms with Crippen LogP contribution in [-0.4, -0.2) is 48.4 Å². The topological polar surface area (TPSA) is 51.1 Å². The van der Waals surface area contributed by atoms with Gasteiger partial charge in [0, 0.05) is 19.5 Å². The highest BCUT2D eigenvalue weighted by Crippen LogP contribution is 2.33. The summed E-state index contributed by atoms with van der Waals surface area (Å²) in [5, 5.41) is 0.794. The molecule has 5 nitrogen and oxygen atoms in total. The second-order valence-electron chi connectivity index (χ2n) is 5.91. The highest BCUT2D eigenvalue weighted by Gasteiger charge is 2.27. The molecule has 3 aliphatic rings. The number of carbonyl (C=O) groups is 1. The van der Waals surface area contributed by atoms with Gasteiger partial charge in [0.15, 0.2) is 5.17 Å². The van der Waals surface area contributed by atoms with E-state index >= 15 is 0 Å². The van der Waals surface area contributed by atoms with E-state index in [2.05, 4.69) is 22.9 Å². The maximum Gasteiger partial charge on any atom is 0.286 e. The van der Waals surface area contributed by atoms with Crippen LogP contribution in [0.2, 0.25) is 0 Å². The molecule has 0 saturated carbocycles. The molecule has 120 valence electrons. The molecule has 0 bridgehead atoms. The van der Waals surface area contributed by atoms with Crippen molar-refractivity contribution in [1.29, 1.82) is 0 Å². The Balaban J connectivity index is 1.52. The number of amides is 1. The van der Waals surface area contributed by atoms with Crippen molar-refractivity contribution in [3.8, 4) is 5.75 Å². The van der Waals surface area contributed by atoms with Crippen LogP contribution in [0.3, 0.4) is 0 Å². The number of hydrogen-bond donors (Lipinski definition) is 0. The fourth-order valence-electron chi connectivity index (χ4n) is 2.97. The predicted octanol–water partition coefficient (Wildman–Crippen LogP) is 2.31. The molecule has 1 saturated heterocycles. The monoisotopic (exact) mass is 330 g/mol. The summed E-state index contributed by atoms with van der Waals surface area (Å²) in [7, 11) is 0. The third-order valence-corrected chi connectivity index (χ3v) is 5.15. The Morgan fingerprint density at radius 3 is 3.00 bits per heavy atom. The minimum Gasteiger partial charge on any atom is -0.490 e. The summed E-state index contributed by atoms with van der Waals surface area (Å²) in [6.07, 6.45) is 3.07. The van der Waals surface area contributed by atoms with Gasteiger partial charge in [-0.1, -0.05) is 6.07 Å². The first-order chi connectivity index (χ1) is 11.2. The van der Waals surface area contributed by atoms with E-state index in [4.69, 9.17) is 9.47 Å². The second kappa shape index (κ2) is 6.02. The maximum atomic E-state index is 12.2. The zero-order valence-corrected chi connectivity index (χ0v) is 13.8. The Labute approximate surface area is 139 Å². The van der Waals surface area contributed by atoms with E-state index in [0.717, 1.165) is 36.0 Å². The maximum absolute atomic E-state index is 12.2. The van der Waals surface area contributed by atoms with E-state index in [0.29, 0.717) is 18.1 Å². The molecule has 0 N–H and O–H groups in total. The molecule has 23 heavy (non-hydrogen) atoms. The molecule has 1 amide bonds. The van der Waals surface area contributed by atoms with Crippen LogP contribution in [0, 0.1) is 0 Å². The fourth-order valence-corrected chi connectivity index (χ4v) is 3.94. The van der Waals surface area contributed by atoms with Crippen molar-refractivity contribution in [2.45, 2.75) is 19.4 Å². The highest BCUT2D eigenvalue weighted by molar-refractivity contribution is 8.18. The Hall–Kier alpha value is -1.79. The molecule has 0 aromatic heterocycles. The quantitative estimate of drug-likeness (QED) is 0.740. The molecule has 1 aromatic carbocycles. The highest BCUT2D eigenvalue weighted by atomic mass is 32.2. The van der Waals surface area contributed by atoms with Gasteiger partial charge in [0.25, 0.3) is 5.91 Å². The lowest BCUT2D eigenvalue weighted by molar-refractivity contribution is -0.113. The van der Waals surface area contributed by atoms with Gasteiger partial charge in [-0.15, -0.1) is 0 Å². The first-order valence-electron chi connectivity index (χ1n) is 7.84. The largest absolute Gasteiger partial charge is 0.490 e. The molecule has 1 aromatic rings. The van der Waals surface area contributed by atoms with E-state index < -0.39 is 0 Å². The van der Waals surface area contributed by atoms with Gasteiger partial charge in [0.2, 0.25) is 0 Å². The van der Waals surface area contributed by atoms with Crippen LogP contribution >= 0.6 is 11.8 Å². The first kappa shape index (κ1) is 14.8. The molecule has 4 rings (SSSR count). The van der Waals surface area contributed by atoms with Crippen molar-refractivity contribution in [3.05, 3.63) is 34.2 Å². The number of rotatable bonds is 1. The number of amidine groups is 1. The number of carbonyl (C=O) groups excluding carboxylic acids is 1. The lowest BCUT2D eigenvalue weighted by Gasteiger charge is -2.27. The average Bonchev–Trinajstić information content (AvgIpc) is 3.10. The molecule has 0 aliphatic carbocycles. The Morgan fingerprint density at radius 2 is 2.17 bits per heavy atom. The molecule has 0 unspecified atom stereocenters. The SMILES string of the molecule is C[C@@H]1Cc2cc(/C=C3\SC(N4CCOCC4)=NC3=O)ccc2O1. The van der Waals surface area contributed by atoms with Crippen LogP contribution in [0.25, 0.3) is 6.08 Å². The van der Waals surface area contributed by atoms with E-state index in [1.54, 1.807) is 0 Å². The van der Waals surface area contributed by atoms with Crippen molar-refractivity contribution in [2.24, 2.45) is 4.99 Å². The van der Waals surface area contributed by atoms with Crippen LogP contribution in [0.4, 0.5) is 0 Å². The molecule has 0 radical (unpaired) electrons. The second-order valence-corrected chi connectivity index (χ2v) is 6.92. The van der Waals surface area contributed by atoms with Crippen LogP contribution in [0.15, 0.2) is 28.1 Å². The third-order valence-electron chi connectivity index (χ3n) is 4.11. The van der Waals surface area contributed by atoms with Crippen molar-refractivity contribution in [1.82, 2.24) is 4.90 Å². The van der Waals surface area contributed by atoms with Crippen molar-refractivity contribution < 1.29 is 14.3 Å². The molecule has 3 heterocycles. The van der Waals surface area contributed by atoms with Crippen molar-refractivity contribution in [3.63, 3.8) is 0 Å². The summed E-state index contributed by atoms with van der Waals surface area (Å²) in [6.45, 7) is 5.03. The van der Waals surface area contributed by atoms with E-state index in [1.807, 2.05) is 18.2 Å². The number of ether oxygens (including phenoxy) is 2. The smallest absolute Gasteiger partial charge is 0.286 e. The molecular weight excluding hydrogens is 312 g/mol. The Bertz CT molecular complexity index is 708. The fraction of sp³-hybridized carbons (Fsp3) is 0.412. The van der Waals surface area contributed by atoms with Crippen molar-refractivity contribution in [2.75, 3.05) is 26.3 Å². The lowest BCUT2D eigenvalue weighted by atomic mass is 10.1. The number of fused-ring (bicyclic) bond motifs is 1. The standard InChI is InChI=1S/C17H18N2O3S/c1-11-8-13-9-12(2-3-14(13)22-11)10-15-16(20)18-17(23-15)19-4-6-21-7-5-19/h2-3,9-11H,4-8H2,1H3/b15-10-/t11-/m1/s1. The van der Waals surface area contributed by atoms with Gasteiger partial charge in [0.1, 0.15) is 11.9 Å². The number of benzene rings is 1. The molecule has 3 aliphatic heterocycles. The molecule has 1 atom stereocenters. The van der Waals surface area contributed by atoms with Gasteiger partial charge in [-0.3, -0.25) is 4.79 Å². The van der Waals surface area contributed by atoms with E-state index in [-0.39, 0.29) is 12.0 Å². The van der Waals surface area contributed by atoms with E-state index in [9.17, 15) is 4.79 Å². The number of morpholine rings is 1. The molecule has 6 heteroatoms. The van der Waals surface area contributed by atoms with Gasteiger partial charge in [-0.2, -0.15) is 4.99 Å². The van der Waals surface area contributed by atoms with Crippen LogP contribution in [0.1, 0.15) is 18.1 Å². The van der Waals surface area contributed by atoms with Crippen LogP contribution in [-0.2, 0) is 16.0 Å². The Morgan fingerprint density at radius 1 is 1.35 bits per heavy atom. The minimum absolute atomic E-state index is 0.151. The summed E-state index contributed by atoms with van der Waals surface area (Å²) in [4.78, 5) is 19.1. The molecular formula is C17H18N2O3S. The molecule has 0 spiro atoms. The zero-order valence-electron chi connectivity index (χ0n) is 12.9. The summed E-state index contributed by atoms with van der Waals surface area (Å²) >= 11 is 1.45. The lowest BCUT2D eigenvalue weighted by Crippen LogP contribution is -2.38. The minimum atomic E-state index is -0.151. The summed E-state index contributed by atoms with van der Waals surface area (Å²) in [6, 6.07) is 6.08. The molecule has 1 fully saturated rings. The normalized spacial score (nSPS) is 25.5.